The van der Waals surface area contributed by atoms with Crippen LogP contribution in [0.5, 0.6) is 0 Å². The molecular weight excluding hydrogens is 478 g/mol. The molecule has 0 bridgehead atoms. The van der Waals surface area contributed by atoms with Crippen LogP contribution in [0.25, 0.3) is 0 Å². The molecule has 0 saturated heterocycles. The quantitative estimate of drug-likeness (QED) is 0.490. The second-order valence-corrected chi connectivity index (χ2v) is 11.3. The Kier molecular flexibility index (Phi) is 9.25. The molecule has 0 aromatic heterocycles. The number of nitrogens with zero attached hydrogens (tertiary/aromatic N) is 2. The van der Waals surface area contributed by atoms with Crippen molar-refractivity contribution in [1.29, 1.82) is 0 Å². The van der Waals surface area contributed by atoms with Crippen molar-refractivity contribution in [2.24, 2.45) is 0 Å². The Morgan fingerprint density at radius 2 is 1.67 bits per heavy atom. The highest BCUT2D eigenvalue weighted by atomic mass is 32.2. The van der Waals surface area contributed by atoms with Gasteiger partial charge in [0.15, 0.2) is 5.78 Å². The Labute approximate surface area is 213 Å². The molecule has 0 heterocycles. The summed E-state index contributed by atoms with van der Waals surface area (Å²) >= 11 is 0. The highest BCUT2D eigenvalue weighted by Crippen LogP contribution is 2.22. The zero-order valence-corrected chi connectivity index (χ0v) is 22.0. The maximum Gasteiger partial charge on any atom is 0.244 e. The fourth-order valence-corrected chi connectivity index (χ4v) is 5.27. The Hall–Kier alpha value is -3.20. The predicted octanol–water partition coefficient (Wildman–Crippen LogP) is 3.52. The molecule has 1 aliphatic rings. The van der Waals surface area contributed by atoms with Crippen LogP contribution in [-0.2, 0) is 26.2 Å². The van der Waals surface area contributed by atoms with E-state index in [2.05, 4.69) is 5.32 Å². The van der Waals surface area contributed by atoms with E-state index in [4.69, 9.17) is 0 Å². The zero-order valence-electron chi connectivity index (χ0n) is 21.1. The third-order valence-corrected chi connectivity index (χ3v) is 7.68. The third kappa shape index (κ3) is 7.40. The highest BCUT2D eigenvalue weighted by Gasteiger charge is 2.31. The van der Waals surface area contributed by atoms with Gasteiger partial charge in [-0.25, -0.2) is 8.42 Å². The monoisotopic (exact) mass is 513 g/mol. The molecule has 0 unspecified atom stereocenters. The van der Waals surface area contributed by atoms with Crippen molar-refractivity contribution >= 4 is 33.3 Å². The van der Waals surface area contributed by atoms with Gasteiger partial charge in [0.2, 0.25) is 21.8 Å². The van der Waals surface area contributed by atoms with Crippen LogP contribution in [0.15, 0.2) is 54.6 Å². The predicted molar refractivity (Wildman–Crippen MR) is 140 cm³/mol. The summed E-state index contributed by atoms with van der Waals surface area (Å²) in [7, 11) is -3.86. The number of nitrogens with one attached hydrogen (secondary N) is 1. The molecule has 194 valence electrons. The minimum Gasteiger partial charge on any atom is -0.352 e. The van der Waals surface area contributed by atoms with Crippen molar-refractivity contribution in [1.82, 2.24) is 10.2 Å². The molecule has 1 N–H and O–H groups in total. The minimum atomic E-state index is -3.86. The molecule has 1 fully saturated rings. The number of anilines is 1. The molecule has 1 aliphatic carbocycles. The lowest BCUT2D eigenvalue weighted by molar-refractivity contribution is -0.139. The summed E-state index contributed by atoms with van der Waals surface area (Å²) in [4.78, 5) is 40.0. The van der Waals surface area contributed by atoms with Gasteiger partial charge in [0.05, 0.1) is 11.9 Å². The van der Waals surface area contributed by atoms with Gasteiger partial charge in [-0.1, -0.05) is 61.7 Å². The molecule has 0 aliphatic heterocycles. The van der Waals surface area contributed by atoms with E-state index in [0.29, 0.717) is 5.56 Å². The van der Waals surface area contributed by atoms with Crippen LogP contribution in [0.3, 0.4) is 0 Å². The lowest BCUT2D eigenvalue weighted by Gasteiger charge is -2.33. The Morgan fingerprint density at radius 1 is 1.00 bits per heavy atom. The van der Waals surface area contributed by atoms with E-state index in [1.807, 2.05) is 30.3 Å². The maximum atomic E-state index is 13.6. The number of ketones is 1. The number of Topliss-reactive ketones (excluding diaryl/α,β-unsaturated/α-hetero) is 1. The summed E-state index contributed by atoms with van der Waals surface area (Å²) in [5.74, 6) is -0.977. The first-order valence-electron chi connectivity index (χ1n) is 12.3. The normalized spacial score (nSPS) is 15.1. The van der Waals surface area contributed by atoms with Crippen molar-refractivity contribution in [3.8, 4) is 0 Å². The van der Waals surface area contributed by atoms with Crippen LogP contribution >= 0.6 is 0 Å². The molecule has 36 heavy (non-hydrogen) atoms. The van der Waals surface area contributed by atoms with Crippen molar-refractivity contribution in [3.63, 3.8) is 0 Å². The lowest BCUT2D eigenvalue weighted by atomic mass is 9.95. The number of carbonyl (C=O) groups excluding carboxylic acids is 3. The first-order valence-corrected chi connectivity index (χ1v) is 14.1. The van der Waals surface area contributed by atoms with Gasteiger partial charge in [0, 0.05) is 18.2 Å². The molecular formula is C27H35N3O5S. The van der Waals surface area contributed by atoms with Crippen molar-refractivity contribution < 1.29 is 22.8 Å². The van der Waals surface area contributed by atoms with Gasteiger partial charge in [-0.15, -0.1) is 0 Å². The molecule has 1 atom stereocenters. The number of carbonyl (C=O) groups is 3. The van der Waals surface area contributed by atoms with Gasteiger partial charge < -0.3 is 10.2 Å². The number of sulfonamides is 1. The lowest BCUT2D eigenvalue weighted by Crippen LogP contribution is -2.52. The van der Waals surface area contributed by atoms with Crippen LogP contribution in [0.1, 0.15) is 61.9 Å². The molecule has 9 heteroatoms. The standard InChI is InChI=1S/C27H35N3O5S/c1-20(27(33)28-24-14-8-5-9-15-24)29(18-22-11-6-4-7-12-22)26(32)19-30(36(3,34)35)25-16-10-13-23(17-25)21(2)31/h4,6-7,10-13,16-17,20,24H,5,8-9,14-15,18-19H2,1-3H3,(H,28,33)/t20-/m0/s1. The summed E-state index contributed by atoms with van der Waals surface area (Å²) in [6, 6.07) is 14.7. The smallest absolute Gasteiger partial charge is 0.244 e. The molecule has 1 saturated carbocycles. The Morgan fingerprint density at radius 3 is 2.28 bits per heavy atom. The number of benzene rings is 2. The molecule has 0 spiro atoms. The van der Waals surface area contributed by atoms with E-state index < -0.39 is 28.5 Å². The first kappa shape index (κ1) is 27.4. The number of rotatable bonds is 10. The van der Waals surface area contributed by atoms with Crippen LogP contribution in [-0.4, -0.2) is 55.8 Å². The molecule has 2 aromatic rings. The number of hydrogen-bond donors (Lipinski definition) is 1. The van der Waals surface area contributed by atoms with Crippen LogP contribution in [0.4, 0.5) is 5.69 Å². The van der Waals surface area contributed by atoms with E-state index in [0.717, 1.165) is 48.2 Å². The molecule has 2 amide bonds. The fraction of sp³-hybridized carbons (Fsp3) is 0.444. The fourth-order valence-electron chi connectivity index (χ4n) is 4.43. The topological polar surface area (TPSA) is 104 Å². The Bertz CT molecular complexity index is 1180. The zero-order chi connectivity index (χ0) is 26.3. The maximum absolute atomic E-state index is 13.6. The molecule has 3 rings (SSSR count). The highest BCUT2D eigenvalue weighted by molar-refractivity contribution is 7.92. The van der Waals surface area contributed by atoms with Crippen LogP contribution in [0.2, 0.25) is 0 Å². The van der Waals surface area contributed by atoms with E-state index in [9.17, 15) is 22.8 Å². The molecule has 2 aromatic carbocycles. The van der Waals surface area contributed by atoms with Crippen molar-refractivity contribution in [3.05, 3.63) is 65.7 Å². The van der Waals surface area contributed by atoms with Crippen LogP contribution in [0, 0.1) is 0 Å². The average Bonchev–Trinajstić information content (AvgIpc) is 2.86. The van der Waals surface area contributed by atoms with Gasteiger partial charge in [0.1, 0.15) is 12.6 Å². The van der Waals surface area contributed by atoms with Crippen molar-refractivity contribution in [2.75, 3.05) is 17.1 Å². The third-order valence-electron chi connectivity index (χ3n) is 6.53. The molecule has 8 nitrogen and oxygen atoms in total. The van der Waals surface area contributed by atoms with Crippen molar-refractivity contribution in [2.45, 2.75) is 64.6 Å². The minimum absolute atomic E-state index is 0.0872. The largest absolute Gasteiger partial charge is 0.352 e. The SMILES string of the molecule is CC(=O)c1cccc(N(CC(=O)N(Cc2ccccc2)[C@@H](C)C(=O)NC2CCCCC2)S(C)(=O)=O)c1. The van der Waals surface area contributed by atoms with Gasteiger partial charge in [-0.2, -0.15) is 0 Å². The summed E-state index contributed by atoms with van der Waals surface area (Å²) in [6.07, 6.45) is 6.14. The van der Waals surface area contributed by atoms with E-state index in [-0.39, 0.29) is 30.0 Å². The summed E-state index contributed by atoms with van der Waals surface area (Å²) < 4.78 is 26.4. The molecule has 0 radical (unpaired) electrons. The van der Waals surface area contributed by atoms with Gasteiger partial charge in [0.25, 0.3) is 0 Å². The van der Waals surface area contributed by atoms with E-state index in [1.54, 1.807) is 25.1 Å². The van der Waals surface area contributed by atoms with E-state index in [1.165, 1.54) is 17.9 Å². The van der Waals surface area contributed by atoms with E-state index >= 15 is 0 Å². The average molecular weight is 514 g/mol. The van der Waals surface area contributed by atoms with Gasteiger partial charge in [-0.3, -0.25) is 18.7 Å². The summed E-state index contributed by atoms with van der Waals surface area (Å²) in [6.45, 7) is 2.72. The van der Waals surface area contributed by atoms with Gasteiger partial charge in [-0.05, 0) is 44.4 Å². The van der Waals surface area contributed by atoms with Gasteiger partial charge >= 0.3 is 0 Å². The summed E-state index contributed by atoms with van der Waals surface area (Å²) in [5, 5.41) is 3.07. The number of amides is 2. The number of hydrogen-bond acceptors (Lipinski definition) is 5. The van der Waals surface area contributed by atoms with Crippen LogP contribution < -0.4 is 9.62 Å². The first-order chi connectivity index (χ1) is 17.1. The second-order valence-electron chi connectivity index (χ2n) is 9.40. The second kappa shape index (κ2) is 12.2. The Balaban J connectivity index is 1.87. The summed E-state index contributed by atoms with van der Waals surface area (Å²) in [5.41, 5.74) is 1.39.